The Balaban J connectivity index is 1.96. The lowest BCUT2D eigenvalue weighted by molar-refractivity contribution is 0.0559. The van der Waals surface area contributed by atoms with Gasteiger partial charge < -0.3 is 9.15 Å². The Morgan fingerprint density at radius 2 is 2.18 bits per heavy atom. The number of aromatic nitrogens is 1. The zero-order valence-corrected chi connectivity index (χ0v) is 12.9. The average Bonchev–Trinajstić information content (AvgIpc) is 3.14. The molecule has 0 amide bonds. The van der Waals surface area contributed by atoms with Gasteiger partial charge in [0.15, 0.2) is 0 Å². The van der Waals surface area contributed by atoms with E-state index in [1.54, 1.807) is 23.7 Å². The highest BCUT2D eigenvalue weighted by Crippen LogP contribution is 2.25. The fourth-order valence-corrected chi connectivity index (χ4v) is 3.75. The van der Waals surface area contributed by atoms with Crippen LogP contribution in [0.3, 0.4) is 0 Å². The molecule has 7 nitrogen and oxygen atoms in total. The van der Waals surface area contributed by atoms with Gasteiger partial charge in [0, 0.05) is 0 Å². The number of sulfonamides is 1. The van der Waals surface area contributed by atoms with E-state index in [9.17, 15) is 13.2 Å². The fourth-order valence-electron chi connectivity index (χ4n) is 1.88. The van der Waals surface area contributed by atoms with Crippen molar-refractivity contribution in [1.29, 1.82) is 0 Å². The third-order valence-electron chi connectivity index (χ3n) is 2.87. The number of thiazole rings is 1. The molecule has 0 saturated heterocycles. The summed E-state index contributed by atoms with van der Waals surface area (Å²) < 4.78 is 37.4. The molecule has 1 aromatic carbocycles. The Morgan fingerprint density at radius 1 is 1.36 bits per heavy atom. The summed E-state index contributed by atoms with van der Waals surface area (Å²) in [5.41, 5.74) is 2.83. The smallest absolute Gasteiger partial charge is 0.375 e. The molecular formula is C13H10N2O5S2. The van der Waals surface area contributed by atoms with E-state index in [-0.39, 0.29) is 10.7 Å². The summed E-state index contributed by atoms with van der Waals surface area (Å²) in [6.45, 7) is 0. The van der Waals surface area contributed by atoms with Crippen molar-refractivity contribution in [1.82, 2.24) is 4.98 Å². The number of nitrogens with zero attached hydrogens (tertiary/aromatic N) is 1. The molecule has 114 valence electrons. The fraction of sp³-hybridized carbons (Fsp3) is 0.0769. The molecule has 0 aliphatic carbocycles. The molecule has 0 fully saturated rings. The molecular weight excluding hydrogens is 328 g/mol. The zero-order valence-electron chi connectivity index (χ0n) is 11.3. The van der Waals surface area contributed by atoms with E-state index in [0.29, 0.717) is 5.69 Å². The number of anilines is 1. The standard InChI is InChI=1S/C13H10N2O5S2/c1-19-13(16)12-11(4-5-20-12)22(17,18)15-8-2-3-9-10(6-8)21-7-14-9/h2-7,15H,1H3. The number of methoxy groups -OCH3 is 1. The second-order valence-corrected chi connectivity index (χ2v) is 6.78. The van der Waals surface area contributed by atoms with Crippen LogP contribution in [0.15, 0.2) is 45.4 Å². The minimum atomic E-state index is -3.97. The summed E-state index contributed by atoms with van der Waals surface area (Å²) in [6.07, 6.45) is 1.12. The van der Waals surface area contributed by atoms with Gasteiger partial charge in [-0.3, -0.25) is 4.72 Å². The predicted molar refractivity (Wildman–Crippen MR) is 80.5 cm³/mol. The van der Waals surface area contributed by atoms with Crippen LogP contribution in [0.1, 0.15) is 10.6 Å². The summed E-state index contributed by atoms with van der Waals surface area (Å²) in [7, 11) is -2.82. The van der Waals surface area contributed by atoms with Crippen LogP contribution in [0.5, 0.6) is 0 Å². The van der Waals surface area contributed by atoms with Crippen molar-refractivity contribution in [2.75, 3.05) is 11.8 Å². The molecule has 2 aromatic heterocycles. The number of carbonyl (C=O) groups excluding carboxylic acids is 1. The number of hydrogen-bond donors (Lipinski definition) is 1. The number of esters is 1. The highest BCUT2D eigenvalue weighted by molar-refractivity contribution is 7.92. The molecule has 22 heavy (non-hydrogen) atoms. The molecule has 3 aromatic rings. The maximum absolute atomic E-state index is 12.4. The first-order chi connectivity index (χ1) is 10.5. The summed E-state index contributed by atoms with van der Waals surface area (Å²) in [6, 6.07) is 6.17. The average molecular weight is 338 g/mol. The van der Waals surface area contributed by atoms with Crippen LogP contribution in [0.4, 0.5) is 5.69 Å². The Hall–Kier alpha value is -2.39. The van der Waals surface area contributed by atoms with E-state index >= 15 is 0 Å². The molecule has 0 radical (unpaired) electrons. The Kier molecular flexibility index (Phi) is 3.59. The van der Waals surface area contributed by atoms with Crippen LogP contribution in [-0.4, -0.2) is 26.5 Å². The van der Waals surface area contributed by atoms with E-state index in [1.165, 1.54) is 17.4 Å². The Morgan fingerprint density at radius 3 is 2.95 bits per heavy atom. The second kappa shape index (κ2) is 5.43. The van der Waals surface area contributed by atoms with Gasteiger partial charge in [-0.15, -0.1) is 11.3 Å². The molecule has 9 heteroatoms. The van der Waals surface area contributed by atoms with Crippen molar-refractivity contribution in [3.63, 3.8) is 0 Å². The first-order valence-electron chi connectivity index (χ1n) is 6.03. The van der Waals surface area contributed by atoms with Gasteiger partial charge in [-0.1, -0.05) is 0 Å². The van der Waals surface area contributed by atoms with Crippen molar-refractivity contribution in [2.24, 2.45) is 0 Å². The summed E-state index contributed by atoms with van der Waals surface area (Å²) in [5.74, 6) is -1.22. The first kappa shape index (κ1) is 14.5. The number of rotatable bonds is 4. The van der Waals surface area contributed by atoms with Crippen LogP contribution < -0.4 is 4.72 Å². The minimum Gasteiger partial charge on any atom is -0.463 e. The van der Waals surface area contributed by atoms with Gasteiger partial charge >= 0.3 is 5.97 Å². The number of carbonyl (C=O) groups is 1. The largest absolute Gasteiger partial charge is 0.463 e. The molecule has 0 bridgehead atoms. The van der Waals surface area contributed by atoms with Crippen LogP contribution in [0, 0.1) is 0 Å². The predicted octanol–water partition coefficient (Wildman–Crippen LogP) is 2.48. The van der Waals surface area contributed by atoms with Crippen LogP contribution in [0.25, 0.3) is 10.2 Å². The van der Waals surface area contributed by atoms with Crippen molar-refractivity contribution in [3.05, 3.63) is 41.8 Å². The Bertz CT molecular complexity index is 942. The van der Waals surface area contributed by atoms with Crippen LogP contribution in [-0.2, 0) is 14.8 Å². The van der Waals surface area contributed by atoms with Crippen molar-refractivity contribution in [2.45, 2.75) is 4.90 Å². The Labute approximate surface area is 129 Å². The highest BCUT2D eigenvalue weighted by Gasteiger charge is 2.26. The monoisotopic (exact) mass is 338 g/mol. The second-order valence-electron chi connectivity index (χ2n) is 4.25. The normalized spacial score (nSPS) is 11.5. The molecule has 0 aliphatic heterocycles. The summed E-state index contributed by atoms with van der Waals surface area (Å²) >= 11 is 1.40. The molecule has 0 saturated carbocycles. The minimum absolute atomic E-state index is 0.274. The maximum atomic E-state index is 12.4. The molecule has 1 N–H and O–H groups in total. The molecule has 0 unspecified atom stereocenters. The molecule has 0 aliphatic rings. The van der Waals surface area contributed by atoms with E-state index < -0.39 is 16.0 Å². The van der Waals surface area contributed by atoms with Gasteiger partial charge in [0.25, 0.3) is 10.0 Å². The number of nitrogens with one attached hydrogen (secondary N) is 1. The SMILES string of the molecule is COC(=O)c1occc1S(=O)(=O)Nc1ccc2ncsc2c1. The van der Waals surface area contributed by atoms with Crippen molar-refractivity contribution in [3.8, 4) is 0 Å². The lowest BCUT2D eigenvalue weighted by Gasteiger charge is -2.07. The van der Waals surface area contributed by atoms with Gasteiger partial charge in [0.1, 0.15) is 4.90 Å². The molecule has 3 rings (SSSR count). The lowest BCUT2D eigenvalue weighted by Crippen LogP contribution is -2.16. The zero-order chi connectivity index (χ0) is 15.7. The van der Waals surface area contributed by atoms with E-state index in [2.05, 4.69) is 14.4 Å². The third-order valence-corrected chi connectivity index (χ3v) is 5.07. The number of hydrogen-bond acceptors (Lipinski definition) is 7. The number of benzene rings is 1. The van der Waals surface area contributed by atoms with Crippen LogP contribution in [0.2, 0.25) is 0 Å². The molecule has 0 atom stereocenters. The molecule has 2 heterocycles. The number of ether oxygens (including phenoxy) is 1. The summed E-state index contributed by atoms with van der Waals surface area (Å²) in [5, 5.41) is 0. The third kappa shape index (κ3) is 2.55. The van der Waals surface area contributed by atoms with E-state index in [0.717, 1.165) is 23.6 Å². The van der Waals surface area contributed by atoms with E-state index in [1.807, 2.05) is 0 Å². The number of furan rings is 1. The van der Waals surface area contributed by atoms with Gasteiger partial charge in [0.05, 0.1) is 34.8 Å². The van der Waals surface area contributed by atoms with Crippen LogP contribution >= 0.6 is 11.3 Å². The maximum Gasteiger partial charge on any atom is 0.375 e. The van der Waals surface area contributed by atoms with Crippen molar-refractivity contribution < 1.29 is 22.4 Å². The lowest BCUT2D eigenvalue weighted by atomic mass is 10.3. The molecule has 0 spiro atoms. The first-order valence-corrected chi connectivity index (χ1v) is 8.39. The highest BCUT2D eigenvalue weighted by atomic mass is 32.2. The summed E-state index contributed by atoms with van der Waals surface area (Å²) in [4.78, 5) is 15.4. The topological polar surface area (TPSA) is 98.5 Å². The van der Waals surface area contributed by atoms with Gasteiger partial charge in [-0.2, -0.15) is 0 Å². The van der Waals surface area contributed by atoms with Crippen molar-refractivity contribution >= 4 is 43.2 Å². The van der Waals surface area contributed by atoms with E-state index in [4.69, 9.17) is 4.42 Å². The van der Waals surface area contributed by atoms with Gasteiger partial charge in [-0.05, 0) is 24.3 Å². The quantitative estimate of drug-likeness (QED) is 0.734. The number of fused-ring (bicyclic) bond motifs is 1. The van der Waals surface area contributed by atoms with Gasteiger partial charge in [-0.25, -0.2) is 18.2 Å². The van der Waals surface area contributed by atoms with Gasteiger partial charge in [0.2, 0.25) is 5.76 Å².